The van der Waals surface area contributed by atoms with E-state index in [-0.39, 0.29) is 0 Å². The van der Waals surface area contributed by atoms with Gasteiger partial charge in [0.05, 0.1) is 0 Å². The summed E-state index contributed by atoms with van der Waals surface area (Å²) >= 11 is 8.13. The van der Waals surface area contributed by atoms with Crippen molar-refractivity contribution < 1.29 is 0 Å². The molecule has 0 amide bonds. The number of nitrogens with one attached hydrogen (secondary N) is 1. The highest BCUT2D eigenvalue weighted by molar-refractivity contribution is 7.99. The second kappa shape index (κ2) is 6.12. The third-order valence-electron chi connectivity index (χ3n) is 3.51. The van der Waals surface area contributed by atoms with Gasteiger partial charge in [-0.25, -0.2) is 0 Å². The van der Waals surface area contributed by atoms with Gasteiger partial charge in [0.15, 0.2) is 0 Å². The summed E-state index contributed by atoms with van der Waals surface area (Å²) in [5, 5.41) is 4.27. The molecule has 1 aliphatic rings. The molecule has 1 fully saturated rings. The van der Waals surface area contributed by atoms with Crippen LogP contribution in [0.25, 0.3) is 0 Å². The van der Waals surface area contributed by atoms with Gasteiger partial charge in [-0.1, -0.05) is 30.7 Å². The average Bonchev–Trinajstić information content (AvgIpc) is 2.27. The van der Waals surface area contributed by atoms with Crippen LogP contribution in [-0.2, 0) is 5.41 Å². The zero-order valence-electron chi connectivity index (χ0n) is 10.3. The Bertz CT molecular complexity index is 363. The Kier molecular flexibility index (Phi) is 4.78. The molecule has 1 heterocycles. The average molecular weight is 270 g/mol. The Hall–Kier alpha value is -0.180. The van der Waals surface area contributed by atoms with Gasteiger partial charge in [-0.05, 0) is 42.0 Å². The number of hydrogen-bond acceptors (Lipinski definition) is 2. The highest BCUT2D eigenvalue weighted by Gasteiger charge is 2.37. The van der Waals surface area contributed by atoms with Crippen molar-refractivity contribution in [3.8, 4) is 0 Å². The highest BCUT2D eigenvalue weighted by Crippen LogP contribution is 2.34. The number of thioether (sulfide) groups is 1. The topological polar surface area (TPSA) is 12.0 Å². The number of halogens is 1. The predicted octanol–water partition coefficient (Wildman–Crippen LogP) is 3.71. The Morgan fingerprint density at radius 2 is 2.24 bits per heavy atom. The quantitative estimate of drug-likeness (QED) is 0.790. The molecule has 0 saturated carbocycles. The van der Waals surface area contributed by atoms with Crippen LogP contribution in [-0.4, -0.2) is 24.6 Å². The van der Waals surface area contributed by atoms with E-state index in [4.69, 9.17) is 11.6 Å². The van der Waals surface area contributed by atoms with E-state index >= 15 is 0 Å². The molecule has 2 rings (SSSR count). The Balaban J connectivity index is 1.99. The molecular weight excluding hydrogens is 250 g/mol. The number of benzene rings is 1. The first-order valence-corrected chi connectivity index (χ1v) is 7.85. The Morgan fingerprint density at radius 1 is 1.41 bits per heavy atom. The van der Waals surface area contributed by atoms with E-state index < -0.39 is 0 Å². The van der Waals surface area contributed by atoms with Gasteiger partial charge in [-0.3, -0.25) is 0 Å². The summed E-state index contributed by atoms with van der Waals surface area (Å²) < 4.78 is 0. The van der Waals surface area contributed by atoms with Crippen LogP contribution in [0, 0.1) is 0 Å². The zero-order valence-corrected chi connectivity index (χ0v) is 11.9. The molecule has 0 radical (unpaired) electrons. The number of hydrogen-bond donors (Lipinski definition) is 1. The van der Waals surface area contributed by atoms with Crippen LogP contribution in [0.2, 0.25) is 5.02 Å². The third kappa shape index (κ3) is 3.18. The fraction of sp³-hybridized carbons (Fsp3) is 0.571. The van der Waals surface area contributed by atoms with Crippen molar-refractivity contribution in [3.05, 3.63) is 34.9 Å². The summed E-state index contributed by atoms with van der Waals surface area (Å²) in [6.45, 7) is 4.43. The van der Waals surface area contributed by atoms with Crippen molar-refractivity contribution in [2.24, 2.45) is 0 Å². The monoisotopic (exact) mass is 269 g/mol. The number of rotatable bonds is 6. The molecule has 94 valence electrons. The van der Waals surface area contributed by atoms with Crippen molar-refractivity contribution in [1.29, 1.82) is 0 Å². The van der Waals surface area contributed by atoms with E-state index in [1.165, 1.54) is 29.9 Å². The lowest BCUT2D eigenvalue weighted by atomic mass is 9.72. The summed E-state index contributed by atoms with van der Waals surface area (Å²) in [5.74, 6) is 2.50. The third-order valence-corrected chi connectivity index (χ3v) is 4.73. The van der Waals surface area contributed by atoms with E-state index in [1.54, 1.807) is 0 Å². The lowest BCUT2D eigenvalue weighted by molar-refractivity contribution is 0.256. The lowest BCUT2D eigenvalue weighted by Crippen LogP contribution is -2.56. The summed E-state index contributed by atoms with van der Waals surface area (Å²) in [7, 11) is 0. The first-order valence-electron chi connectivity index (χ1n) is 6.31. The van der Waals surface area contributed by atoms with Crippen LogP contribution in [0.4, 0.5) is 0 Å². The molecule has 1 aromatic carbocycles. The van der Waals surface area contributed by atoms with Crippen molar-refractivity contribution in [2.75, 3.05) is 24.6 Å². The molecule has 1 nitrogen and oxygen atoms in total. The van der Waals surface area contributed by atoms with Gasteiger partial charge in [-0.2, -0.15) is 11.8 Å². The maximum atomic E-state index is 6.09. The molecule has 1 aromatic rings. The molecule has 0 aromatic heterocycles. The van der Waals surface area contributed by atoms with Crippen molar-refractivity contribution >= 4 is 23.4 Å². The SMILES string of the molecule is CCSCCCC1(c2cccc(Cl)c2)CNC1. The van der Waals surface area contributed by atoms with Gasteiger partial charge in [0.1, 0.15) is 0 Å². The Morgan fingerprint density at radius 3 is 2.82 bits per heavy atom. The maximum Gasteiger partial charge on any atom is 0.0408 e. The van der Waals surface area contributed by atoms with Gasteiger partial charge < -0.3 is 5.32 Å². The van der Waals surface area contributed by atoms with Crippen LogP contribution in [0.15, 0.2) is 24.3 Å². The van der Waals surface area contributed by atoms with Crippen LogP contribution in [0.1, 0.15) is 25.3 Å². The van der Waals surface area contributed by atoms with Gasteiger partial charge in [0.25, 0.3) is 0 Å². The van der Waals surface area contributed by atoms with E-state index in [0.29, 0.717) is 5.41 Å². The first-order chi connectivity index (χ1) is 8.27. The molecule has 0 bridgehead atoms. The molecule has 0 spiro atoms. The summed E-state index contributed by atoms with van der Waals surface area (Å²) in [4.78, 5) is 0. The minimum absolute atomic E-state index is 0.346. The van der Waals surface area contributed by atoms with Crippen LogP contribution < -0.4 is 5.32 Å². The summed E-state index contributed by atoms with van der Waals surface area (Å²) in [6.07, 6.45) is 2.57. The van der Waals surface area contributed by atoms with E-state index in [2.05, 4.69) is 30.4 Å². The second-order valence-electron chi connectivity index (χ2n) is 4.69. The largest absolute Gasteiger partial charge is 0.315 e. The van der Waals surface area contributed by atoms with Crippen molar-refractivity contribution in [1.82, 2.24) is 5.32 Å². The van der Waals surface area contributed by atoms with Crippen LogP contribution in [0.3, 0.4) is 0 Å². The fourth-order valence-corrected chi connectivity index (χ4v) is 3.25. The molecular formula is C14H20ClNS. The molecule has 0 unspecified atom stereocenters. The van der Waals surface area contributed by atoms with Crippen molar-refractivity contribution in [2.45, 2.75) is 25.2 Å². The van der Waals surface area contributed by atoms with Gasteiger partial charge in [0.2, 0.25) is 0 Å². The van der Waals surface area contributed by atoms with Gasteiger partial charge >= 0.3 is 0 Å². The minimum atomic E-state index is 0.346. The molecule has 1 saturated heterocycles. The van der Waals surface area contributed by atoms with Crippen LogP contribution >= 0.6 is 23.4 Å². The molecule has 1 N–H and O–H groups in total. The fourth-order valence-electron chi connectivity index (χ4n) is 2.43. The van der Waals surface area contributed by atoms with Gasteiger partial charge in [-0.15, -0.1) is 0 Å². The minimum Gasteiger partial charge on any atom is -0.315 e. The molecule has 1 aliphatic heterocycles. The summed E-state index contributed by atoms with van der Waals surface area (Å²) in [6, 6.07) is 8.38. The maximum absolute atomic E-state index is 6.09. The zero-order chi connectivity index (χ0) is 12.1. The highest BCUT2D eigenvalue weighted by atomic mass is 35.5. The van der Waals surface area contributed by atoms with E-state index in [1.807, 2.05) is 17.8 Å². The predicted molar refractivity (Wildman–Crippen MR) is 78.2 cm³/mol. The Labute approximate surface area is 113 Å². The first kappa shape index (κ1) is 13.3. The van der Waals surface area contributed by atoms with E-state index in [0.717, 1.165) is 18.1 Å². The normalized spacial score (nSPS) is 17.8. The molecule has 3 heteroatoms. The second-order valence-corrected chi connectivity index (χ2v) is 6.52. The summed E-state index contributed by atoms with van der Waals surface area (Å²) in [5.41, 5.74) is 1.75. The smallest absolute Gasteiger partial charge is 0.0408 e. The lowest BCUT2D eigenvalue weighted by Gasteiger charge is -2.43. The van der Waals surface area contributed by atoms with E-state index in [9.17, 15) is 0 Å². The molecule has 0 aliphatic carbocycles. The van der Waals surface area contributed by atoms with Gasteiger partial charge in [0, 0.05) is 23.5 Å². The molecule has 0 atom stereocenters. The van der Waals surface area contributed by atoms with Crippen molar-refractivity contribution in [3.63, 3.8) is 0 Å². The molecule has 17 heavy (non-hydrogen) atoms. The standard InChI is InChI=1S/C14H20ClNS/c1-2-17-8-4-7-14(10-16-11-14)12-5-3-6-13(15)9-12/h3,5-6,9,16H,2,4,7-8,10-11H2,1H3. The van der Waals surface area contributed by atoms with Crippen LogP contribution in [0.5, 0.6) is 0 Å².